The van der Waals surface area contributed by atoms with Crippen molar-refractivity contribution in [2.45, 2.75) is 24.6 Å². The molecule has 0 spiro atoms. The van der Waals surface area contributed by atoms with Crippen LogP contribution in [0.3, 0.4) is 0 Å². The monoisotopic (exact) mass is 254 g/mol. The lowest BCUT2D eigenvalue weighted by Gasteiger charge is -2.26. The molecule has 1 aromatic carbocycles. The van der Waals surface area contributed by atoms with Crippen molar-refractivity contribution in [2.24, 2.45) is 5.92 Å². The molecule has 0 radical (unpaired) electrons. The van der Waals surface area contributed by atoms with Crippen molar-refractivity contribution in [1.82, 2.24) is 0 Å². The molecule has 1 heterocycles. The maximum atomic E-state index is 6.47. The average Bonchev–Trinajstić information content (AvgIpc) is 2.40. The van der Waals surface area contributed by atoms with Gasteiger partial charge in [-0.1, -0.05) is 12.1 Å². The second-order valence-electron chi connectivity index (χ2n) is 4.55. The molecule has 3 heteroatoms. The Balaban J connectivity index is 1.94. The number of hydrogen-bond donors (Lipinski definition) is 0. The van der Waals surface area contributed by atoms with E-state index in [9.17, 15) is 0 Å². The number of rotatable bonds is 4. The lowest BCUT2D eigenvalue weighted by atomic mass is 9.94. The first kappa shape index (κ1) is 12.7. The van der Waals surface area contributed by atoms with Crippen LogP contribution in [-0.4, -0.2) is 25.7 Å². The van der Waals surface area contributed by atoms with Gasteiger partial charge < -0.3 is 9.47 Å². The summed E-state index contributed by atoms with van der Waals surface area (Å²) in [6.07, 6.45) is 3.19. The van der Waals surface area contributed by atoms with Gasteiger partial charge in [0.2, 0.25) is 0 Å². The Morgan fingerprint density at radius 3 is 3.12 bits per heavy atom. The van der Waals surface area contributed by atoms with Gasteiger partial charge in [-0.05, 0) is 42.9 Å². The van der Waals surface area contributed by atoms with Gasteiger partial charge in [0.1, 0.15) is 5.75 Å². The van der Waals surface area contributed by atoms with Gasteiger partial charge in [0, 0.05) is 12.0 Å². The van der Waals surface area contributed by atoms with Gasteiger partial charge in [-0.2, -0.15) is 0 Å². The zero-order valence-corrected chi connectivity index (χ0v) is 11.0. The van der Waals surface area contributed by atoms with E-state index in [1.807, 2.05) is 12.1 Å². The van der Waals surface area contributed by atoms with Gasteiger partial charge in [0.15, 0.2) is 0 Å². The highest BCUT2D eigenvalue weighted by atomic mass is 35.5. The highest BCUT2D eigenvalue weighted by Crippen LogP contribution is 2.25. The number of hydrogen-bond acceptors (Lipinski definition) is 2. The number of ether oxygens (including phenoxy) is 2. The third kappa shape index (κ3) is 3.62. The van der Waals surface area contributed by atoms with Crippen LogP contribution in [0.15, 0.2) is 24.3 Å². The summed E-state index contributed by atoms with van der Waals surface area (Å²) in [5, 5.41) is 0.155. The Morgan fingerprint density at radius 1 is 1.53 bits per heavy atom. The average molecular weight is 255 g/mol. The van der Waals surface area contributed by atoms with Crippen LogP contribution in [0.2, 0.25) is 0 Å². The Hall–Kier alpha value is -0.730. The molecular formula is C14H19ClO2. The van der Waals surface area contributed by atoms with Gasteiger partial charge in [-0.25, -0.2) is 0 Å². The van der Waals surface area contributed by atoms with E-state index in [2.05, 4.69) is 12.1 Å². The van der Waals surface area contributed by atoms with Crippen molar-refractivity contribution in [3.8, 4) is 5.75 Å². The van der Waals surface area contributed by atoms with Crippen molar-refractivity contribution in [1.29, 1.82) is 0 Å². The van der Waals surface area contributed by atoms with Gasteiger partial charge in [0.25, 0.3) is 0 Å². The summed E-state index contributed by atoms with van der Waals surface area (Å²) in [5.41, 5.74) is 1.23. The van der Waals surface area contributed by atoms with E-state index in [4.69, 9.17) is 21.1 Å². The Bertz CT molecular complexity index is 348. The van der Waals surface area contributed by atoms with E-state index in [-0.39, 0.29) is 5.38 Å². The van der Waals surface area contributed by atoms with Crippen molar-refractivity contribution in [3.05, 3.63) is 29.8 Å². The molecule has 0 aliphatic carbocycles. The van der Waals surface area contributed by atoms with Gasteiger partial charge in [0.05, 0.1) is 13.7 Å². The zero-order valence-electron chi connectivity index (χ0n) is 10.2. The van der Waals surface area contributed by atoms with E-state index >= 15 is 0 Å². The predicted octanol–water partition coefficient (Wildman–Crippen LogP) is 3.27. The molecule has 2 unspecified atom stereocenters. The van der Waals surface area contributed by atoms with E-state index in [0.29, 0.717) is 5.92 Å². The van der Waals surface area contributed by atoms with E-state index in [0.717, 1.165) is 31.8 Å². The second-order valence-corrected chi connectivity index (χ2v) is 5.11. The summed E-state index contributed by atoms with van der Waals surface area (Å²) in [4.78, 5) is 0. The molecule has 1 fully saturated rings. The van der Waals surface area contributed by atoms with Crippen molar-refractivity contribution in [2.75, 3.05) is 20.3 Å². The molecule has 1 saturated heterocycles. The minimum absolute atomic E-state index is 0.155. The predicted molar refractivity (Wildman–Crippen MR) is 69.9 cm³/mol. The minimum atomic E-state index is 0.155. The molecule has 1 aliphatic rings. The zero-order chi connectivity index (χ0) is 12.1. The molecule has 2 atom stereocenters. The largest absolute Gasteiger partial charge is 0.497 e. The first-order chi connectivity index (χ1) is 8.29. The molecule has 0 N–H and O–H groups in total. The van der Waals surface area contributed by atoms with Crippen molar-refractivity contribution < 1.29 is 9.47 Å². The summed E-state index contributed by atoms with van der Waals surface area (Å²) in [7, 11) is 1.69. The minimum Gasteiger partial charge on any atom is -0.497 e. The first-order valence-corrected chi connectivity index (χ1v) is 6.58. The number of methoxy groups -OCH3 is 1. The Kier molecular flexibility index (Phi) is 4.69. The lowest BCUT2D eigenvalue weighted by molar-refractivity contribution is 0.0533. The molecule has 0 saturated carbocycles. The number of alkyl halides is 1. The van der Waals surface area contributed by atoms with Gasteiger partial charge in [-0.15, -0.1) is 11.6 Å². The fraction of sp³-hybridized carbons (Fsp3) is 0.571. The van der Waals surface area contributed by atoms with Gasteiger partial charge >= 0.3 is 0 Å². The summed E-state index contributed by atoms with van der Waals surface area (Å²) < 4.78 is 10.7. The van der Waals surface area contributed by atoms with Crippen LogP contribution in [0, 0.1) is 5.92 Å². The fourth-order valence-corrected chi connectivity index (χ4v) is 2.62. The molecular weight excluding hydrogens is 236 g/mol. The molecule has 1 aromatic rings. The number of halogens is 1. The summed E-state index contributed by atoms with van der Waals surface area (Å²) >= 11 is 6.47. The highest BCUT2D eigenvalue weighted by Gasteiger charge is 2.22. The first-order valence-electron chi connectivity index (χ1n) is 6.14. The SMILES string of the molecule is COc1cccc(CC(Cl)C2CCCOC2)c1. The smallest absolute Gasteiger partial charge is 0.119 e. The lowest BCUT2D eigenvalue weighted by Crippen LogP contribution is -2.27. The normalized spacial score (nSPS) is 22.1. The van der Waals surface area contributed by atoms with Crippen LogP contribution in [0.5, 0.6) is 5.75 Å². The second kappa shape index (κ2) is 6.27. The summed E-state index contributed by atoms with van der Waals surface area (Å²) in [6.45, 7) is 1.69. The van der Waals surface area contributed by atoms with Crippen molar-refractivity contribution in [3.63, 3.8) is 0 Å². The molecule has 2 rings (SSSR count). The van der Waals surface area contributed by atoms with Crippen LogP contribution in [0.25, 0.3) is 0 Å². The van der Waals surface area contributed by atoms with Crippen LogP contribution in [0.1, 0.15) is 18.4 Å². The molecule has 0 amide bonds. The van der Waals surface area contributed by atoms with Crippen LogP contribution in [-0.2, 0) is 11.2 Å². The van der Waals surface area contributed by atoms with Crippen molar-refractivity contribution >= 4 is 11.6 Å². The molecule has 0 aromatic heterocycles. The van der Waals surface area contributed by atoms with E-state index in [1.165, 1.54) is 12.0 Å². The quantitative estimate of drug-likeness (QED) is 0.768. The molecule has 0 bridgehead atoms. The standard InChI is InChI=1S/C14H19ClO2/c1-16-13-6-2-4-11(8-13)9-14(15)12-5-3-7-17-10-12/h2,4,6,8,12,14H,3,5,7,9-10H2,1H3. The summed E-state index contributed by atoms with van der Waals surface area (Å²) in [5.74, 6) is 1.38. The maximum absolute atomic E-state index is 6.47. The summed E-state index contributed by atoms with van der Waals surface area (Å²) in [6, 6.07) is 8.12. The van der Waals surface area contributed by atoms with E-state index < -0.39 is 0 Å². The third-order valence-electron chi connectivity index (χ3n) is 3.27. The number of benzene rings is 1. The fourth-order valence-electron chi connectivity index (χ4n) is 2.24. The topological polar surface area (TPSA) is 18.5 Å². The maximum Gasteiger partial charge on any atom is 0.119 e. The van der Waals surface area contributed by atoms with Crippen LogP contribution >= 0.6 is 11.6 Å². The molecule has 17 heavy (non-hydrogen) atoms. The molecule has 2 nitrogen and oxygen atoms in total. The molecule has 1 aliphatic heterocycles. The van der Waals surface area contributed by atoms with Gasteiger partial charge in [-0.3, -0.25) is 0 Å². The Labute approximate surface area is 108 Å². The molecule has 94 valence electrons. The van der Waals surface area contributed by atoms with Crippen LogP contribution in [0.4, 0.5) is 0 Å². The Morgan fingerprint density at radius 2 is 2.41 bits per heavy atom. The van der Waals surface area contributed by atoms with Crippen LogP contribution < -0.4 is 4.74 Å². The highest BCUT2D eigenvalue weighted by molar-refractivity contribution is 6.20. The third-order valence-corrected chi connectivity index (χ3v) is 3.78. The van der Waals surface area contributed by atoms with E-state index in [1.54, 1.807) is 7.11 Å².